The molecule has 0 unspecified atom stereocenters. The van der Waals surface area contributed by atoms with Gasteiger partial charge in [-0.15, -0.1) is 0 Å². The Labute approximate surface area is 106 Å². The molecule has 0 radical (unpaired) electrons. The fourth-order valence-corrected chi connectivity index (χ4v) is 2.32. The van der Waals surface area contributed by atoms with Crippen LogP contribution in [0.1, 0.15) is 11.4 Å². The number of rotatable bonds is 3. The molecule has 2 heterocycles. The first-order chi connectivity index (χ1) is 8.74. The van der Waals surface area contributed by atoms with Crippen LogP contribution < -0.4 is 0 Å². The highest BCUT2D eigenvalue weighted by atomic mass is 15.2. The fourth-order valence-electron chi connectivity index (χ4n) is 2.32. The lowest BCUT2D eigenvalue weighted by atomic mass is 10.2. The maximum Gasteiger partial charge on any atom is 0.106 e. The average molecular weight is 240 g/mol. The van der Waals surface area contributed by atoms with Crippen LogP contribution >= 0.6 is 0 Å². The quantitative estimate of drug-likeness (QED) is 0.704. The summed E-state index contributed by atoms with van der Waals surface area (Å²) in [5.74, 6) is 1.07. The molecular weight excluding hydrogens is 224 g/mol. The lowest BCUT2D eigenvalue weighted by molar-refractivity contribution is 0.691. The molecule has 0 saturated heterocycles. The monoisotopic (exact) mass is 240 g/mol. The van der Waals surface area contributed by atoms with Gasteiger partial charge in [0.2, 0.25) is 0 Å². The smallest absolute Gasteiger partial charge is 0.106 e. The highest BCUT2D eigenvalue weighted by Crippen LogP contribution is 2.16. The molecule has 0 N–H and O–H groups in total. The molecule has 0 saturated carbocycles. The lowest BCUT2D eigenvalue weighted by Gasteiger charge is -2.05. The number of hydrogen-bond donors (Lipinski definition) is 0. The first kappa shape index (κ1) is 11.0. The Hall–Kier alpha value is -2.10. The van der Waals surface area contributed by atoms with Crippen molar-refractivity contribution in [3.05, 3.63) is 48.0 Å². The number of hydrogen-bond acceptors (Lipinski definition) is 2. The average Bonchev–Trinajstić information content (AvgIpc) is 2.90. The summed E-state index contributed by atoms with van der Waals surface area (Å²) in [6.07, 6.45) is 4.97. The second-order valence-electron chi connectivity index (χ2n) is 4.57. The van der Waals surface area contributed by atoms with E-state index in [1.54, 1.807) is 0 Å². The van der Waals surface area contributed by atoms with Crippen LogP contribution in [0.3, 0.4) is 0 Å². The Morgan fingerprint density at radius 2 is 2.06 bits per heavy atom. The highest BCUT2D eigenvalue weighted by molar-refractivity contribution is 5.75. The van der Waals surface area contributed by atoms with E-state index in [0.29, 0.717) is 0 Å². The Balaban J connectivity index is 1.88. The Kier molecular flexibility index (Phi) is 2.63. The summed E-state index contributed by atoms with van der Waals surface area (Å²) in [5, 5.41) is 4.19. The summed E-state index contributed by atoms with van der Waals surface area (Å²) < 4.78 is 4.11. The molecular formula is C14H16N4. The molecule has 0 bridgehead atoms. The molecule has 2 aromatic heterocycles. The van der Waals surface area contributed by atoms with Crippen LogP contribution in [0.5, 0.6) is 0 Å². The molecule has 4 heteroatoms. The zero-order valence-electron chi connectivity index (χ0n) is 10.7. The zero-order chi connectivity index (χ0) is 12.5. The molecule has 18 heavy (non-hydrogen) atoms. The van der Waals surface area contributed by atoms with E-state index in [1.165, 1.54) is 11.1 Å². The van der Waals surface area contributed by atoms with Gasteiger partial charge in [0.25, 0.3) is 0 Å². The van der Waals surface area contributed by atoms with Crippen molar-refractivity contribution in [2.75, 3.05) is 0 Å². The van der Waals surface area contributed by atoms with Crippen molar-refractivity contribution < 1.29 is 0 Å². The van der Waals surface area contributed by atoms with Crippen LogP contribution in [0.15, 0.2) is 36.7 Å². The summed E-state index contributed by atoms with van der Waals surface area (Å²) in [5.41, 5.74) is 3.54. The van der Waals surface area contributed by atoms with Crippen LogP contribution in [0.4, 0.5) is 0 Å². The lowest BCUT2D eigenvalue weighted by Crippen LogP contribution is -2.03. The number of nitrogens with zero attached hydrogens (tertiary/aromatic N) is 4. The van der Waals surface area contributed by atoms with Gasteiger partial charge in [-0.05, 0) is 31.0 Å². The van der Waals surface area contributed by atoms with Crippen LogP contribution in [-0.4, -0.2) is 19.3 Å². The third-order valence-electron chi connectivity index (χ3n) is 3.23. The molecule has 0 fully saturated rings. The third kappa shape index (κ3) is 1.90. The summed E-state index contributed by atoms with van der Waals surface area (Å²) in [6, 6.07) is 8.27. The van der Waals surface area contributed by atoms with Crippen LogP contribution in [0.2, 0.25) is 0 Å². The second kappa shape index (κ2) is 4.29. The van der Waals surface area contributed by atoms with Gasteiger partial charge < -0.3 is 4.57 Å². The first-order valence-electron chi connectivity index (χ1n) is 6.13. The van der Waals surface area contributed by atoms with Gasteiger partial charge in [-0.3, -0.25) is 4.68 Å². The van der Waals surface area contributed by atoms with Gasteiger partial charge in [-0.2, -0.15) is 5.10 Å². The van der Waals surface area contributed by atoms with Crippen molar-refractivity contribution >= 4 is 11.0 Å². The van der Waals surface area contributed by atoms with Gasteiger partial charge in [0.05, 0.1) is 17.2 Å². The van der Waals surface area contributed by atoms with E-state index in [4.69, 9.17) is 0 Å². The van der Waals surface area contributed by atoms with E-state index in [0.717, 1.165) is 24.3 Å². The molecule has 0 atom stereocenters. The molecule has 0 amide bonds. The van der Waals surface area contributed by atoms with Gasteiger partial charge in [0.1, 0.15) is 5.82 Å². The molecule has 0 aliphatic rings. The van der Waals surface area contributed by atoms with Crippen molar-refractivity contribution in [1.29, 1.82) is 0 Å². The van der Waals surface area contributed by atoms with E-state index in [9.17, 15) is 0 Å². The normalized spacial score (nSPS) is 11.2. The van der Waals surface area contributed by atoms with E-state index >= 15 is 0 Å². The fraction of sp³-hybridized carbons (Fsp3) is 0.286. The molecule has 92 valence electrons. The van der Waals surface area contributed by atoms with E-state index < -0.39 is 0 Å². The third-order valence-corrected chi connectivity index (χ3v) is 3.23. The van der Waals surface area contributed by atoms with Crippen molar-refractivity contribution in [3.63, 3.8) is 0 Å². The number of aromatic nitrogens is 4. The molecule has 3 rings (SSSR count). The van der Waals surface area contributed by atoms with Crippen LogP contribution in [-0.2, 0) is 20.0 Å². The number of para-hydroxylation sites is 2. The number of aryl methyl sites for hydroxylation is 4. The van der Waals surface area contributed by atoms with E-state index in [1.807, 2.05) is 24.0 Å². The molecule has 0 spiro atoms. The van der Waals surface area contributed by atoms with Gasteiger partial charge in [0.15, 0.2) is 0 Å². The minimum Gasteiger partial charge on any atom is -0.328 e. The maximum absolute atomic E-state index is 4.57. The van der Waals surface area contributed by atoms with Crippen molar-refractivity contribution in [1.82, 2.24) is 19.3 Å². The Bertz CT molecular complexity index is 678. The summed E-state index contributed by atoms with van der Waals surface area (Å²) in [6.45, 7) is 3.00. The maximum atomic E-state index is 4.57. The van der Waals surface area contributed by atoms with Gasteiger partial charge in [-0.25, -0.2) is 4.98 Å². The molecule has 0 aliphatic heterocycles. The second-order valence-corrected chi connectivity index (χ2v) is 4.57. The van der Waals surface area contributed by atoms with Crippen molar-refractivity contribution in [3.8, 4) is 0 Å². The van der Waals surface area contributed by atoms with E-state index in [-0.39, 0.29) is 0 Å². The molecule has 1 aromatic carbocycles. The zero-order valence-corrected chi connectivity index (χ0v) is 10.7. The van der Waals surface area contributed by atoms with Gasteiger partial charge in [0, 0.05) is 19.8 Å². The summed E-state index contributed by atoms with van der Waals surface area (Å²) >= 11 is 0. The molecule has 0 aliphatic carbocycles. The predicted octanol–water partition coefficient (Wildman–Crippen LogP) is 2.32. The van der Waals surface area contributed by atoms with Crippen molar-refractivity contribution in [2.24, 2.45) is 7.05 Å². The van der Waals surface area contributed by atoms with Crippen LogP contribution in [0, 0.1) is 6.92 Å². The van der Waals surface area contributed by atoms with Crippen LogP contribution in [0.25, 0.3) is 11.0 Å². The van der Waals surface area contributed by atoms with E-state index in [2.05, 4.69) is 46.0 Å². The Morgan fingerprint density at radius 3 is 2.83 bits per heavy atom. The Morgan fingerprint density at radius 1 is 1.22 bits per heavy atom. The van der Waals surface area contributed by atoms with Crippen molar-refractivity contribution in [2.45, 2.75) is 19.9 Å². The number of benzene rings is 1. The number of imidazole rings is 1. The standard InChI is InChI=1S/C14H16N4/c1-11-16-13-5-3-4-6-14(13)18(11)8-7-12-9-15-17(2)10-12/h3-6,9-10H,7-8H2,1-2H3. The minimum absolute atomic E-state index is 0.942. The number of fused-ring (bicyclic) bond motifs is 1. The first-order valence-corrected chi connectivity index (χ1v) is 6.13. The van der Waals surface area contributed by atoms with Gasteiger partial charge >= 0.3 is 0 Å². The SMILES string of the molecule is Cc1nc2ccccc2n1CCc1cnn(C)c1. The molecule has 3 aromatic rings. The topological polar surface area (TPSA) is 35.6 Å². The van der Waals surface area contributed by atoms with Gasteiger partial charge in [-0.1, -0.05) is 12.1 Å². The largest absolute Gasteiger partial charge is 0.328 e. The summed E-state index contributed by atoms with van der Waals surface area (Å²) in [4.78, 5) is 4.57. The summed E-state index contributed by atoms with van der Waals surface area (Å²) in [7, 11) is 1.95. The highest BCUT2D eigenvalue weighted by Gasteiger charge is 2.06. The predicted molar refractivity (Wildman–Crippen MR) is 71.4 cm³/mol. The minimum atomic E-state index is 0.942. The molecule has 4 nitrogen and oxygen atoms in total.